The Hall–Kier alpha value is -2.09. The van der Waals surface area contributed by atoms with E-state index in [0.717, 1.165) is 36.0 Å². The molecule has 2 fully saturated rings. The van der Waals surface area contributed by atoms with Gasteiger partial charge in [-0.25, -0.2) is 0 Å². The van der Waals surface area contributed by atoms with Gasteiger partial charge in [0.25, 0.3) is 0 Å². The Kier molecular flexibility index (Phi) is 7.55. The smallest absolute Gasteiger partial charge is 0.455 e. The minimum absolute atomic E-state index is 0.0519. The zero-order chi connectivity index (χ0) is 24.6. The van der Waals surface area contributed by atoms with Crippen LogP contribution < -0.4 is 0 Å². The molecule has 6 nitrogen and oxygen atoms in total. The number of phenols is 1. The van der Waals surface area contributed by atoms with E-state index in [1.54, 1.807) is 12.1 Å². The van der Waals surface area contributed by atoms with Crippen molar-refractivity contribution in [3.63, 3.8) is 0 Å². The fourth-order valence-electron chi connectivity index (χ4n) is 5.94. The van der Waals surface area contributed by atoms with Crippen LogP contribution in [-0.4, -0.2) is 46.6 Å². The topological polar surface area (TPSA) is 87.1 Å². The molecule has 2 N–H and O–H groups in total. The van der Waals surface area contributed by atoms with Gasteiger partial charge in [0.2, 0.25) is 11.8 Å². The summed E-state index contributed by atoms with van der Waals surface area (Å²) in [5, 5.41) is 20.6. The van der Waals surface area contributed by atoms with Crippen LogP contribution in [0.2, 0.25) is 11.3 Å². The van der Waals surface area contributed by atoms with Crippen molar-refractivity contribution in [3.8, 4) is 5.75 Å². The third kappa shape index (κ3) is 4.70. The maximum absolute atomic E-state index is 13.2. The zero-order valence-corrected chi connectivity index (χ0v) is 20.8. The van der Waals surface area contributed by atoms with Crippen LogP contribution in [-0.2, 0) is 14.2 Å². The Morgan fingerprint density at radius 3 is 2.71 bits per heavy atom. The number of aromatic hydroxyl groups is 1. The molecule has 0 spiro atoms. The van der Waals surface area contributed by atoms with Crippen molar-refractivity contribution in [1.82, 2.24) is 4.90 Å². The van der Waals surface area contributed by atoms with Gasteiger partial charge < -0.3 is 14.8 Å². The molecule has 0 radical (unpaired) electrons. The number of amides is 2. The SMILES string of the molecule is CCCN1C(=O)[C@@H]2[C@@H](CC(CC)=C3[C@@H](CC/C(C)=C/c4ccc(O)cc4Cl)OB(O)C[C@@H]32)C1=O. The molecule has 1 aromatic carbocycles. The van der Waals surface area contributed by atoms with E-state index in [9.17, 15) is 19.7 Å². The number of benzene rings is 1. The molecule has 0 aromatic heterocycles. The third-order valence-corrected chi connectivity index (χ3v) is 7.79. The second kappa shape index (κ2) is 10.3. The molecule has 2 heterocycles. The maximum atomic E-state index is 13.2. The number of imide groups is 1. The van der Waals surface area contributed by atoms with Gasteiger partial charge in [0, 0.05) is 6.54 Å². The number of likely N-dealkylation sites (tertiary alicyclic amines) is 1. The van der Waals surface area contributed by atoms with Gasteiger partial charge in [-0.2, -0.15) is 0 Å². The molecule has 1 aliphatic carbocycles. The number of allylic oxidation sites excluding steroid dienone is 2. The second-order valence-corrected chi connectivity index (χ2v) is 10.1. The van der Waals surface area contributed by atoms with Crippen molar-refractivity contribution >= 4 is 36.6 Å². The lowest BCUT2D eigenvalue weighted by atomic mass is 9.58. The summed E-state index contributed by atoms with van der Waals surface area (Å²) in [5.74, 6) is -0.867. The molecule has 3 aliphatic rings. The highest BCUT2D eigenvalue weighted by Crippen LogP contribution is 2.51. The lowest BCUT2D eigenvalue weighted by Crippen LogP contribution is -2.46. The lowest BCUT2D eigenvalue weighted by Gasteiger charge is -2.43. The summed E-state index contributed by atoms with van der Waals surface area (Å²) in [4.78, 5) is 27.7. The quantitative estimate of drug-likeness (QED) is 0.328. The first kappa shape index (κ1) is 25.0. The number of carbonyl (C=O) groups is 2. The molecule has 34 heavy (non-hydrogen) atoms. The van der Waals surface area contributed by atoms with E-state index in [-0.39, 0.29) is 35.5 Å². The van der Waals surface area contributed by atoms with Crippen LogP contribution in [0.3, 0.4) is 0 Å². The first-order chi connectivity index (χ1) is 16.2. The van der Waals surface area contributed by atoms with Crippen molar-refractivity contribution in [2.45, 2.75) is 65.3 Å². The molecule has 4 rings (SSSR count). The number of hydrogen-bond acceptors (Lipinski definition) is 5. The number of phenolic OH excluding ortho intramolecular Hbond substituents is 1. The summed E-state index contributed by atoms with van der Waals surface area (Å²) >= 11 is 6.25. The van der Waals surface area contributed by atoms with Crippen LogP contribution in [0.15, 0.2) is 34.9 Å². The van der Waals surface area contributed by atoms with Gasteiger partial charge in [0.15, 0.2) is 0 Å². The average Bonchev–Trinajstić information content (AvgIpc) is 3.03. The van der Waals surface area contributed by atoms with Crippen LogP contribution in [0.5, 0.6) is 5.75 Å². The van der Waals surface area contributed by atoms with Crippen LogP contribution in [0.1, 0.15) is 58.4 Å². The van der Waals surface area contributed by atoms with Crippen LogP contribution in [0.4, 0.5) is 0 Å². The largest absolute Gasteiger partial charge is 0.508 e. The Labute approximate surface area is 206 Å². The first-order valence-corrected chi connectivity index (χ1v) is 12.7. The van der Waals surface area contributed by atoms with E-state index >= 15 is 0 Å². The highest BCUT2D eigenvalue weighted by molar-refractivity contribution is 6.43. The van der Waals surface area contributed by atoms with E-state index in [0.29, 0.717) is 30.7 Å². The number of carbonyl (C=O) groups excluding carboxylic acids is 2. The summed E-state index contributed by atoms with van der Waals surface area (Å²) in [6.45, 7) is 6.54. The van der Waals surface area contributed by atoms with Gasteiger partial charge in [0.05, 0.1) is 23.0 Å². The fourth-order valence-corrected chi connectivity index (χ4v) is 6.17. The van der Waals surface area contributed by atoms with E-state index in [1.165, 1.54) is 16.5 Å². The Balaban J connectivity index is 1.57. The monoisotopic (exact) mass is 485 g/mol. The number of fused-ring (bicyclic) bond motifs is 3. The molecule has 182 valence electrons. The first-order valence-electron chi connectivity index (χ1n) is 12.3. The van der Waals surface area contributed by atoms with Crippen LogP contribution >= 0.6 is 11.6 Å². The summed E-state index contributed by atoms with van der Waals surface area (Å²) < 4.78 is 6.01. The molecule has 1 aromatic rings. The molecule has 0 bridgehead atoms. The van der Waals surface area contributed by atoms with Crippen molar-refractivity contribution in [1.29, 1.82) is 0 Å². The zero-order valence-electron chi connectivity index (χ0n) is 20.1. The molecule has 0 unspecified atom stereocenters. The van der Waals surface area contributed by atoms with Crippen molar-refractivity contribution in [2.24, 2.45) is 17.8 Å². The van der Waals surface area contributed by atoms with Crippen molar-refractivity contribution in [2.75, 3.05) is 6.54 Å². The van der Waals surface area contributed by atoms with Crippen molar-refractivity contribution in [3.05, 3.63) is 45.5 Å². The van der Waals surface area contributed by atoms with Gasteiger partial charge >= 0.3 is 7.12 Å². The highest BCUT2D eigenvalue weighted by Gasteiger charge is 2.56. The Bertz CT molecular complexity index is 1040. The molecular weight excluding hydrogens is 453 g/mol. The van der Waals surface area contributed by atoms with E-state index in [1.807, 2.05) is 19.9 Å². The van der Waals surface area contributed by atoms with Gasteiger partial charge in [-0.1, -0.05) is 42.7 Å². The summed E-state index contributed by atoms with van der Waals surface area (Å²) in [6.07, 6.45) is 5.61. The van der Waals surface area contributed by atoms with E-state index < -0.39 is 13.0 Å². The predicted molar refractivity (Wildman–Crippen MR) is 133 cm³/mol. The third-order valence-electron chi connectivity index (χ3n) is 7.46. The van der Waals surface area contributed by atoms with Gasteiger partial charge in [-0.3, -0.25) is 14.5 Å². The minimum Gasteiger partial charge on any atom is -0.508 e. The molecule has 2 aliphatic heterocycles. The summed E-state index contributed by atoms with van der Waals surface area (Å²) in [5.41, 5.74) is 4.26. The van der Waals surface area contributed by atoms with Crippen LogP contribution in [0.25, 0.3) is 6.08 Å². The minimum atomic E-state index is -0.949. The molecule has 2 saturated heterocycles. The fraction of sp³-hybridized carbons (Fsp3) is 0.538. The summed E-state index contributed by atoms with van der Waals surface area (Å²) in [7, 11) is -0.949. The molecular formula is C26H33BClNO5. The Morgan fingerprint density at radius 1 is 1.26 bits per heavy atom. The number of hydrogen-bond donors (Lipinski definition) is 2. The maximum Gasteiger partial charge on any atom is 0.455 e. The van der Waals surface area contributed by atoms with Crippen molar-refractivity contribution < 1.29 is 24.4 Å². The van der Waals surface area contributed by atoms with E-state index in [4.69, 9.17) is 16.3 Å². The highest BCUT2D eigenvalue weighted by atomic mass is 35.5. The molecule has 4 atom stereocenters. The molecule has 8 heteroatoms. The molecule has 0 saturated carbocycles. The predicted octanol–water partition coefficient (Wildman–Crippen LogP) is 4.85. The van der Waals surface area contributed by atoms with Gasteiger partial charge in [0.1, 0.15) is 5.75 Å². The van der Waals surface area contributed by atoms with Crippen LogP contribution in [0, 0.1) is 17.8 Å². The van der Waals surface area contributed by atoms with Gasteiger partial charge in [-0.15, -0.1) is 0 Å². The number of halogens is 1. The standard InChI is InChI=1S/C26H33BClNO5/c1-4-10-29-25(31)19-12-16(5-2)23-20(24(19)26(29)32)14-27(33)34-22(23)9-6-15(3)11-17-7-8-18(30)13-21(17)28/h7-8,11,13,19-20,22,24,30,33H,4-6,9-10,12,14H2,1-3H3/b15-11+/t19-,20+,22-,24-/m1/s1. The van der Waals surface area contributed by atoms with Gasteiger partial charge in [-0.05, 0) is 80.6 Å². The summed E-state index contributed by atoms with van der Waals surface area (Å²) in [6, 6.07) is 4.90. The molecule has 2 amide bonds. The van der Waals surface area contributed by atoms with E-state index in [2.05, 4.69) is 6.92 Å². The average molecular weight is 486 g/mol. The number of rotatable bonds is 7. The lowest BCUT2D eigenvalue weighted by molar-refractivity contribution is -0.140. The number of nitrogens with zero attached hydrogens (tertiary/aromatic N) is 1. The Morgan fingerprint density at radius 2 is 2.03 bits per heavy atom. The normalized spacial score (nSPS) is 27.4. The second-order valence-electron chi connectivity index (χ2n) is 9.73.